The van der Waals surface area contributed by atoms with Gasteiger partial charge in [0.15, 0.2) is 0 Å². The summed E-state index contributed by atoms with van der Waals surface area (Å²) in [6.07, 6.45) is 12.3. The van der Waals surface area contributed by atoms with Gasteiger partial charge in [0, 0.05) is 0 Å². The Kier molecular flexibility index (Phi) is 1.51. The summed E-state index contributed by atoms with van der Waals surface area (Å²) in [5, 5.41) is 0. The van der Waals surface area contributed by atoms with E-state index >= 15 is 0 Å². The van der Waals surface area contributed by atoms with Gasteiger partial charge in [0.25, 0.3) is 0 Å². The van der Waals surface area contributed by atoms with Crippen molar-refractivity contribution in [2.24, 2.45) is 23.7 Å². The minimum Gasteiger partial charge on any atom is -0.0704 e. The van der Waals surface area contributed by atoms with Gasteiger partial charge in [-0.2, -0.15) is 0 Å². The highest BCUT2D eigenvalue weighted by atomic mass is 14.5. The monoisotopic (exact) mass is 188 g/mol. The van der Waals surface area contributed by atoms with Crippen LogP contribution in [-0.4, -0.2) is 0 Å². The van der Waals surface area contributed by atoms with Crippen LogP contribution in [0.2, 0.25) is 0 Å². The molecule has 14 heavy (non-hydrogen) atoms. The molecule has 0 radical (unpaired) electrons. The molecule has 0 aromatic rings. The van der Waals surface area contributed by atoms with Gasteiger partial charge in [0.05, 0.1) is 0 Å². The molecule has 0 amide bonds. The van der Waals surface area contributed by atoms with Crippen LogP contribution >= 0.6 is 0 Å². The summed E-state index contributed by atoms with van der Waals surface area (Å²) < 4.78 is 0. The first-order chi connectivity index (χ1) is 6.90. The lowest BCUT2D eigenvalue weighted by atomic mass is 9.52. The van der Waals surface area contributed by atoms with Crippen molar-refractivity contribution in [3.63, 3.8) is 0 Å². The lowest BCUT2D eigenvalue weighted by Crippen LogP contribution is -2.41. The quantitative estimate of drug-likeness (QED) is 0.505. The van der Waals surface area contributed by atoms with Crippen LogP contribution in [0.15, 0.2) is 11.1 Å². The van der Waals surface area contributed by atoms with E-state index in [-0.39, 0.29) is 0 Å². The molecule has 0 atom stereocenters. The second kappa shape index (κ2) is 2.65. The summed E-state index contributed by atoms with van der Waals surface area (Å²) in [6.45, 7) is 0. The normalized spacial score (nSPS) is 49.7. The van der Waals surface area contributed by atoms with E-state index in [9.17, 15) is 0 Å². The number of hydrogen-bond acceptors (Lipinski definition) is 0. The molecule has 76 valence electrons. The Bertz CT molecular complexity index is 261. The molecular formula is C14H20. The molecule has 0 unspecified atom stereocenters. The van der Waals surface area contributed by atoms with Crippen molar-refractivity contribution in [2.45, 2.75) is 51.4 Å². The molecule has 5 saturated carbocycles. The highest BCUT2D eigenvalue weighted by Gasteiger charge is 2.46. The van der Waals surface area contributed by atoms with Crippen LogP contribution in [0.25, 0.3) is 0 Å². The Labute approximate surface area is 86.8 Å². The Morgan fingerprint density at radius 3 is 1.71 bits per heavy atom. The van der Waals surface area contributed by atoms with Crippen LogP contribution in [0.5, 0.6) is 0 Å². The van der Waals surface area contributed by atoms with Gasteiger partial charge in [0.1, 0.15) is 0 Å². The van der Waals surface area contributed by atoms with Crippen LogP contribution in [0.1, 0.15) is 51.4 Å². The largest absolute Gasteiger partial charge is 0.0704 e. The lowest BCUT2D eigenvalue weighted by molar-refractivity contribution is 0.0669. The van der Waals surface area contributed by atoms with Gasteiger partial charge in [-0.1, -0.05) is 11.1 Å². The predicted molar refractivity (Wildman–Crippen MR) is 57.9 cm³/mol. The molecule has 0 heteroatoms. The third-order valence-corrected chi connectivity index (χ3v) is 5.38. The van der Waals surface area contributed by atoms with Gasteiger partial charge in [-0.3, -0.25) is 0 Å². The second-order valence-electron chi connectivity index (χ2n) is 6.22. The average molecular weight is 188 g/mol. The zero-order valence-corrected chi connectivity index (χ0v) is 8.97. The summed E-state index contributed by atoms with van der Waals surface area (Å²) >= 11 is 0. The fourth-order valence-corrected chi connectivity index (χ4v) is 4.91. The minimum absolute atomic E-state index is 1.07. The predicted octanol–water partition coefficient (Wildman–Crippen LogP) is 3.92. The molecule has 0 heterocycles. The first kappa shape index (κ1) is 7.96. The number of hydrogen-bond donors (Lipinski definition) is 0. The fourth-order valence-electron chi connectivity index (χ4n) is 4.91. The molecule has 0 spiro atoms. The first-order valence-electron chi connectivity index (χ1n) is 6.62. The van der Waals surface area contributed by atoms with E-state index in [1.54, 1.807) is 32.1 Å². The van der Waals surface area contributed by atoms with Crippen LogP contribution in [-0.2, 0) is 0 Å². The zero-order valence-electron chi connectivity index (χ0n) is 8.97. The molecule has 5 fully saturated rings. The van der Waals surface area contributed by atoms with E-state index < -0.39 is 0 Å². The molecule has 5 aliphatic carbocycles. The molecule has 0 aromatic heterocycles. The Morgan fingerprint density at radius 2 is 1.29 bits per heavy atom. The first-order valence-corrected chi connectivity index (χ1v) is 6.62. The lowest BCUT2D eigenvalue weighted by Gasteiger charge is -2.53. The average Bonchev–Trinajstić information content (AvgIpc) is 2.06. The van der Waals surface area contributed by atoms with Crippen molar-refractivity contribution >= 4 is 0 Å². The molecular weight excluding hydrogens is 168 g/mol. The maximum Gasteiger partial charge on any atom is -0.0192 e. The highest BCUT2D eigenvalue weighted by molar-refractivity contribution is 5.29. The fraction of sp³-hybridized carbons (Fsp3) is 0.857. The maximum absolute atomic E-state index is 2.00. The van der Waals surface area contributed by atoms with Crippen LogP contribution in [0, 0.1) is 23.7 Å². The van der Waals surface area contributed by atoms with Gasteiger partial charge in [0.2, 0.25) is 0 Å². The summed E-state index contributed by atoms with van der Waals surface area (Å²) in [7, 11) is 0. The summed E-state index contributed by atoms with van der Waals surface area (Å²) in [6, 6.07) is 0. The summed E-state index contributed by atoms with van der Waals surface area (Å²) in [5.74, 6) is 4.42. The van der Waals surface area contributed by atoms with Crippen molar-refractivity contribution in [3.8, 4) is 0 Å². The smallest absolute Gasteiger partial charge is 0.0192 e. The van der Waals surface area contributed by atoms with E-state index in [0.29, 0.717) is 0 Å². The molecule has 5 aliphatic rings. The van der Waals surface area contributed by atoms with Gasteiger partial charge in [-0.15, -0.1) is 0 Å². The highest BCUT2D eigenvalue weighted by Crippen LogP contribution is 2.58. The van der Waals surface area contributed by atoms with Crippen molar-refractivity contribution < 1.29 is 0 Å². The van der Waals surface area contributed by atoms with Crippen molar-refractivity contribution in [1.29, 1.82) is 0 Å². The van der Waals surface area contributed by atoms with Crippen LogP contribution < -0.4 is 0 Å². The topological polar surface area (TPSA) is 0 Å². The summed E-state index contributed by atoms with van der Waals surface area (Å²) in [5.41, 5.74) is 3.92. The Morgan fingerprint density at radius 1 is 0.714 bits per heavy atom. The van der Waals surface area contributed by atoms with Gasteiger partial charge >= 0.3 is 0 Å². The number of rotatable bonds is 0. The van der Waals surface area contributed by atoms with E-state index in [1.807, 2.05) is 11.1 Å². The van der Waals surface area contributed by atoms with Gasteiger partial charge in [-0.05, 0) is 75.0 Å². The molecule has 0 saturated heterocycles. The minimum atomic E-state index is 1.07. The number of allylic oxidation sites excluding steroid dienone is 2. The molecule has 5 rings (SSSR count). The molecule has 0 aliphatic heterocycles. The van der Waals surface area contributed by atoms with Crippen molar-refractivity contribution in [3.05, 3.63) is 11.1 Å². The Hall–Kier alpha value is -0.260. The van der Waals surface area contributed by atoms with E-state index in [4.69, 9.17) is 0 Å². The molecule has 0 nitrogen and oxygen atoms in total. The SMILES string of the molecule is C1CC(=C2C3CC4CC(C3)CC2C4)C1. The summed E-state index contributed by atoms with van der Waals surface area (Å²) in [4.78, 5) is 0. The molecule has 0 N–H and O–H groups in total. The third kappa shape index (κ3) is 0.951. The van der Waals surface area contributed by atoms with Crippen molar-refractivity contribution in [1.82, 2.24) is 0 Å². The van der Waals surface area contributed by atoms with E-state index in [0.717, 1.165) is 23.7 Å². The van der Waals surface area contributed by atoms with E-state index in [1.165, 1.54) is 19.3 Å². The Balaban J connectivity index is 1.74. The molecule has 4 bridgehead atoms. The van der Waals surface area contributed by atoms with Crippen LogP contribution in [0.3, 0.4) is 0 Å². The zero-order chi connectivity index (χ0) is 9.12. The van der Waals surface area contributed by atoms with Crippen molar-refractivity contribution in [2.75, 3.05) is 0 Å². The van der Waals surface area contributed by atoms with E-state index in [2.05, 4.69) is 0 Å². The standard InChI is InChI=1S/C14H20/c1-2-11(3-1)14-12-5-9-4-10(7-12)8-13(14)6-9/h9-10,12-13H,1-8H2. The second-order valence-corrected chi connectivity index (χ2v) is 6.22. The third-order valence-electron chi connectivity index (χ3n) is 5.38. The van der Waals surface area contributed by atoms with Gasteiger partial charge < -0.3 is 0 Å². The maximum atomic E-state index is 2.00. The van der Waals surface area contributed by atoms with Crippen LogP contribution in [0.4, 0.5) is 0 Å². The molecule has 0 aromatic carbocycles. The van der Waals surface area contributed by atoms with Gasteiger partial charge in [-0.25, -0.2) is 0 Å².